The highest BCUT2D eigenvalue weighted by Gasteiger charge is 2.20. The molecule has 0 saturated carbocycles. The number of hydrogen-bond acceptors (Lipinski definition) is 4. The van der Waals surface area contributed by atoms with Crippen molar-refractivity contribution in [3.05, 3.63) is 30.0 Å². The summed E-state index contributed by atoms with van der Waals surface area (Å²) in [5, 5.41) is 0.893. The Hall–Kier alpha value is -2.23. The van der Waals surface area contributed by atoms with E-state index in [2.05, 4.69) is 0 Å². The quantitative estimate of drug-likeness (QED) is 0.743. The molecule has 2 aromatic rings. The molecule has 1 aromatic heterocycles. The molecule has 0 aliphatic carbocycles. The van der Waals surface area contributed by atoms with Gasteiger partial charge in [0.15, 0.2) is 12.4 Å². The van der Waals surface area contributed by atoms with Crippen molar-refractivity contribution in [3.63, 3.8) is 0 Å². The van der Waals surface area contributed by atoms with Gasteiger partial charge in [-0.3, -0.25) is 4.79 Å². The van der Waals surface area contributed by atoms with E-state index in [9.17, 15) is 4.79 Å². The predicted molar refractivity (Wildman–Crippen MR) is 62.3 cm³/mol. The van der Waals surface area contributed by atoms with Gasteiger partial charge < -0.3 is 13.9 Å². The second-order valence-corrected chi connectivity index (χ2v) is 3.73. The first-order valence-electron chi connectivity index (χ1n) is 5.22. The van der Waals surface area contributed by atoms with Crippen molar-refractivity contribution in [2.75, 3.05) is 7.11 Å². The van der Waals surface area contributed by atoms with Crippen molar-refractivity contribution >= 4 is 23.3 Å². The predicted octanol–water partition coefficient (Wildman–Crippen LogP) is 2.41. The summed E-state index contributed by atoms with van der Waals surface area (Å²) in [6.07, 6.45) is 5.34. The summed E-state index contributed by atoms with van der Waals surface area (Å²) in [6.45, 7) is 0. The Morgan fingerprint density at radius 2 is 2.35 bits per heavy atom. The molecular formula is C13H10O4. The van der Waals surface area contributed by atoms with Crippen LogP contribution in [0.5, 0.6) is 11.5 Å². The van der Waals surface area contributed by atoms with Gasteiger partial charge in [0.2, 0.25) is 0 Å². The first-order valence-corrected chi connectivity index (χ1v) is 5.22. The molecule has 0 N–H and O–H groups in total. The van der Waals surface area contributed by atoms with Gasteiger partial charge in [-0.2, -0.15) is 0 Å². The van der Waals surface area contributed by atoms with Crippen LogP contribution in [0.1, 0.15) is 5.56 Å². The summed E-state index contributed by atoms with van der Waals surface area (Å²) in [5.41, 5.74) is 1.51. The Labute approximate surface area is 97.4 Å². The van der Waals surface area contributed by atoms with Gasteiger partial charge in [0.05, 0.1) is 24.3 Å². The fourth-order valence-electron chi connectivity index (χ4n) is 2.00. The molecule has 86 valence electrons. The number of carbonyl (C=O) groups excluding carboxylic acids is 1. The van der Waals surface area contributed by atoms with Crippen LogP contribution >= 0.6 is 0 Å². The average molecular weight is 230 g/mol. The molecule has 0 bridgehead atoms. The van der Waals surface area contributed by atoms with Crippen LogP contribution in [0.4, 0.5) is 0 Å². The van der Waals surface area contributed by atoms with Gasteiger partial charge in [0.1, 0.15) is 17.1 Å². The first-order chi connectivity index (χ1) is 8.33. The van der Waals surface area contributed by atoms with E-state index in [0.717, 1.165) is 17.2 Å². The SMILES string of the molecule is COc1c2c(cc3occc13)OC(C=O)C=C2. The number of furan rings is 1. The standard InChI is InChI=1S/C13H10O4/c1-15-13-9-3-2-8(7-14)17-12(9)6-11-10(13)4-5-16-11/h2-8H,1H3. The molecule has 1 aromatic carbocycles. The van der Waals surface area contributed by atoms with Gasteiger partial charge >= 0.3 is 0 Å². The van der Waals surface area contributed by atoms with Gasteiger partial charge in [0, 0.05) is 6.07 Å². The summed E-state index contributed by atoms with van der Waals surface area (Å²) < 4.78 is 16.2. The number of hydrogen-bond donors (Lipinski definition) is 0. The number of methoxy groups -OCH3 is 1. The summed E-state index contributed by atoms with van der Waals surface area (Å²) in [7, 11) is 1.60. The van der Waals surface area contributed by atoms with E-state index in [1.807, 2.05) is 12.1 Å². The number of fused-ring (bicyclic) bond motifs is 2. The zero-order valence-electron chi connectivity index (χ0n) is 9.17. The third-order valence-electron chi connectivity index (χ3n) is 2.77. The fraction of sp³-hybridized carbons (Fsp3) is 0.154. The Morgan fingerprint density at radius 1 is 1.47 bits per heavy atom. The van der Waals surface area contributed by atoms with Crippen LogP contribution in [0.3, 0.4) is 0 Å². The minimum atomic E-state index is -0.542. The van der Waals surface area contributed by atoms with Crippen LogP contribution < -0.4 is 9.47 Å². The van der Waals surface area contributed by atoms with Crippen LogP contribution in [0.2, 0.25) is 0 Å². The van der Waals surface area contributed by atoms with Crippen molar-refractivity contribution < 1.29 is 18.7 Å². The van der Waals surface area contributed by atoms with Gasteiger partial charge in [-0.15, -0.1) is 0 Å². The molecule has 0 radical (unpaired) electrons. The lowest BCUT2D eigenvalue weighted by Crippen LogP contribution is -2.18. The Bertz CT molecular complexity index is 609. The molecule has 0 amide bonds. The molecular weight excluding hydrogens is 220 g/mol. The Balaban J connectivity index is 2.27. The summed E-state index contributed by atoms with van der Waals surface area (Å²) in [4.78, 5) is 10.7. The van der Waals surface area contributed by atoms with Gasteiger partial charge in [0.25, 0.3) is 0 Å². The van der Waals surface area contributed by atoms with E-state index >= 15 is 0 Å². The zero-order valence-corrected chi connectivity index (χ0v) is 9.17. The smallest absolute Gasteiger partial charge is 0.172 e. The second kappa shape index (κ2) is 3.66. The molecule has 1 atom stereocenters. The third-order valence-corrected chi connectivity index (χ3v) is 2.77. The van der Waals surface area contributed by atoms with E-state index in [-0.39, 0.29) is 0 Å². The molecule has 4 nitrogen and oxygen atoms in total. The van der Waals surface area contributed by atoms with E-state index in [0.29, 0.717) is 17.1 Å². The second-order valence-electron chi connectivity index (χ2n) is 3.73. The van der Waals surface area contributed by atoms with Crippen LogP contribution in [0.25, 0.3) is 17.0 Å². The van der Waals surface area contributed by atoms with Crippen molar-refractivity contribution in [1.82, 2.24) is 0 Å². The monoisotopic (exact) mass is 230 g/mol. The summed E-state index contributed by atoms with van der Waals surface area (Å²) in [5.74, 6) is 1.30. The fourth-order valence-corrected chi connectivity index (χ4v) is 2.00. The maximum Gasteiger partial charge on any atom is 0.172 e. The van der Waals surface area contributed by atoms with Crippen LogP contribution in [-0.4, -0.2) is 19.5 Å². The van der Waals surface area contributed by atoms with E-state index in [4.69, 9.17) is 13.9 Å². The lowest BCUT2D eigenvalue weighted by molar-refractivity contribution is -0.112. The lowest BCUT2D eigenvalue weighted by Gasteiger charge is -2.19. The van der Waals surface area contributed by atoms with Crippen molar-refractivity contribution in [1.29, 1.82) is 0 Å². The van der Waals surface area contributed by atoms with Crippen molar-refractivity contribution in [3.8, 4) is 11.5 Å². The maximum atomic E-state index is 10.7. The number of benzene rings is 1. The number of carbonyl (C=O) groups is 1. The van der Waals surface area contributed by atoms with Crippen LogP contribution in [-0.2, 0) is 4.79 Å². The highest BCUT2D eigenvalue weighted by atomic mass is 16.5. The molecule has 3 rings (SSSR count). The molecule has 1 aliphatic rings. The molecule has 2 heterocycles. The van der Waals surface area contributed by atoms with Gasteiger partial charge in [-0.25, -0.2) is 0 Å². The third kappa shape index (κ3) is 1.41. The summed E-state index contributed by atoms with van der Waals surface area (Å²) in [6, 6.07) is 3.61. The van der Waals surface area contributed by atoms with Crippen molar-refractivity contribution in [2.45, 2.75) is 6.10 Å². The molecule has 17 heavy (non-hydrogen) atoms. The molecule has 4 heteroatoms. The zero-order chi connectivity index (χ0) is 11.8. The minimum Gasteiger partial charge on any atom is -0.495 e. The topological polar surface area (TPSA) is 48.7 Å². The molecule has 0 fully saturated rings. The minimum absolute atomic E-state index is 0.542. The van der Waals surface area contributed by atoms with Crippen LogP contribution in [0, 0.1) is 0 Å². The Morgan fingerprint density at radius 3 is 3.12 bits per heavy atom. The van der Waals surface area contributed by atoms with E-state index in [1.165, 1.54) is 0 Å². The van der Waals surface area contributed by atoms with E-state index < -0.39 is 6.10 Å². The Kier molecular flexibility index (Phi) is 2.14. The largest absolute Gasteiger partial charge is 0.495 e. The number of aldehydes is 1. The molecule has 1 unspecified atom stereocenters. The summed E-state index contributed by atoms with van der Waals surface area (Å²) >= 11 is 0. The van der Waals surface area contributed by atoms with Crippen molar-refractivity contribution in [2.24, 2.45) is 0 Å². The number of ether oxygens (including phenoxy) is 2. The first kappa shape index (κ1) is 9.96. The van der Waals surface area contributed by atoms with Crippen LogP contribution in [0.15, 0.2) is 28.9 Å². The normalized spacial score (nSPS) is 17.6. The van der Waals surface area contributed by atoms with Gasteiger partial charge in [-0.05, 0) is 18.2 Å². The maximum absolute atomic E-state index is 10.7. The average Bonchev–Trinajstić information content (AvgIpc) is 2.82. The number of rotatable bonds is 2. The highest BCUT2D eigenvalue weighted by Crippen LogP contribution is 2.40. The highest BCUT2D eigenvalue weighted by molar-refractivity contribution is 5.92. The molecule has 0 spiro atoms. The van der Waals surface area contributed by atoms with Gasteiger partial charge in [-0.1, -0.05) is 0 Å². The molecule has 0 saturated heterocycles. The van der Waals surface area contributed by atoms with E-state index in [1.54, 1.807) is 25.5 Å². The lowest BCUT2D eigenvalue weighted by atomic mass is 10.1. The molecule has 1 aliphatic heterocycles.